The molecule has 1 heterocycles. The van der Waals surface area contributed by atoms with Crippen LogP contribution in [0.15, 0.2) is 30.3 Å². The maximum atomic E-state index is 11.7. The molecule has 1 atom stereocenters. The molecule has 5 heteroatoms. The third-order valence-electron chi connectivity index (χ3n) is 4.11. The molecule has 5 nitrogen and oxygen atoms in total. The molecule has 1 aliphatic heterocycles. The quantitative estimate of drug-likeness (QED) is 0.778. The SMILES string of the molecule is CCOC(=O)C(C)(O)CN1CCC(OCc2ccccc2)CC1. The van der Waals surface area contributed by atoms with Gasteiger partial charge >= 0.3 is 5.97 Å². The van der Waals surface area contributed by atoms with Crippen molar-refractivity contribution in [3.05, 3.63) is 35.9 Å². The summed E-state index contributed by atoms with van der Waals surface area (Å²) >= 11 is 0. The number of nitrogens with zero attached hydrogens (tertiary/aromatic N) is 1. The van der Waals surface area contributed by atoms with Crippen molar-refractivity contribution in [2.24, 2.45) is 0 Å². The van der Waals surface area contributed by atoms with E-state index in [-0.39, 0.29) is 12.7 Å². The second-order valence-electron chi connectivity index (χ2n) is 6.27. The van der Waals surface area contributed by atoms with Crippen LogP contribution in [0.4, 0.5) is 0 Å². The molecule has 128 valence electrons. The number of hydrogen-bond donors (Lipinski definition) is 1. The predicted molar refractivity (Wildman–Crippen MR) is 87.9 cm³/mol. The fraction of sp³-hybridized carbons (Fsp3) is 0.611. The smallest absolute Gasteiger partial charge is 0.339 e. The number of carbonyl (C=O) groups excluding carboxylic acids is 1. The summed E-state index contributed by atoms with van der Waals surface area (Å²) in [7, 11) is 0. The van der Waals surface area contributed by atoms with Crippen molar-refractivity contribution in [3.63, 3.8) is 0 Å². The zero-order chi connectivity index (χ0) is 16.7. The lowest BCUT2D eigenvalue weighted by Crippen LogP contribution is -2.50. The van der Waals surface area contributed by atoms with Crippen LogP contribution in [0, 0.1) is 0 Å². The van der Waals surface area contributed by atoms with Gasteiger partial charge in [-0.1, -0.05) is 30.3 Å². The summed E-state index contributed by atoms with van der Waals surface area (Å²) in [4.78, 5) is 13.8. The average Bonchev–Trinajstić information content (AvgIpc) is 2.55. The lowest BCUT2D eigenvalue weighted by Gasteiger charge is -2.35. The van der Waals surface area contributed by atoms with E-state index in [1.165, 1.54) is 12.5 Å². The van der Waals surface area contributed by atoms with E-state index in [9.17, 15) is 9.90 Å². The molecule has 0 radical (unpaired) electrons. The van der Waals surface area contributed by atoms with E-state index in [0.29, 0.717) is 13.2 Å². The predicted octanol–water partition coefficient (Wildman–Crippen LogP) is 1.98. The molecule has 0 bridgehead atoms. The fourth-order valence-electron chi connectivity index (χ4n) is 2.81. The maximum absolute atomic E-state index is 11.7. The van der Waals surface area contributed by atoms with Crippen LogP contribution in [0.25, 0.3) is 0 Å². The van der Waals surface area contributed by atoms with Crippen molar-refractivity contribution >= 4 is 5.97 Å². The number of hydrogen-bond acceptors (Lipinski definition) is 5. The number of rotatable bonds is 7. The minimum atomic E-state index is -1.45. The molecule has 1 unspecified atom stereocenters. The first-order chi connectivity index (χ1) is 11.0. The van der Waals surface area contributed by atoms with Crippen molar-refractivity contribution in [2.45, 2.75) is 45.0 Å². The van der Waals surface area contributed by atoms with E-state index < -0.39 is 11.6 Å². The Labute approximate surface area is 138 Å². The van der Waals surface area contributed by atoms with Crippen molar-refractivity contribution < 1.29 is 19.4 Å². The van der Waals surface area contributed by atoms with E-state index in [0.717, 1.165) is 25.9 Å². The molecule has 1 saturated heterocycles. The van der Waals surface area contributed by atoms with Crippen LogP contribution in [-0.4, -0.2) is 53.9 Å². The zero-order valence-corrected chi connectivity index (χ0v) is 14.0. The number of esters is 1. The highest BCUT2D eigenvalue weighted by Gasteiger charge is 2.35. The second kappa shape index (κ2) is 8.43. The van der Waals surface area contributed by atoms with Crippen LogP contribution in [0.2, 0.25) is 0 Å². The molecule has 1 aliphatic rings. The van der Waals surface area contributed by atoms with E-state index in [4.69, 9.17) is 9.47 Å². The molecular weight excluding hydrogens is 294 g/mol. The molecule has 0 amide bonds. The maximum Gasteiger partial charge on any atom is 0.339 e. The van der Waals surface area contributed by atoms with Crippen LogP contribution in [0.1, 0.15) is 32.3 Å². The van der Waals surface area contributed by atoms with E-state index in [2.05, 4.69) is 17.0 Å². The van der Waals surface area contributed by atoms with E-state index in [1.807, 2.05) is 18.2 Å². The van der Waals surface area contributed by atoms with Gasteiger partial charge in [0.05, 0.1) is 19.3 Å². The Morgan fingerprint density at radius 1 is 1.30 bits per heavy atom. The Morgan fingerprint density at radius 3 is 2.57 bits per heavy atom. The van der Waals surface area contributed by atoms with Gasteiger partial charge in [0.15, 0.2) is 5.60 Å². The third-order valence-corrected chi connectivity index (χ3v) is 4.11. The number of aliphatic hydroxyl groups is 1. The Kier molecular flexibility index (Phi) is 6.57. The Hall–Kier alpha value is -1.43. The summed E-state index contributed by atoms with van der Waals surface area (Å²) in [5.74, 6) is -0.553. The number of likely N-dealkylation sites (tertiary alicyclic amines) is 1. The van der Waals surface area contributed by atoms with Crippen LogP contribution in [0.5, 0.6) is 0 Å². The summed E-state index contributed by atoms with van der Waals surface area (Å²) < 4.78 is 10.9. The van der Waals surface area contributed by atoms with E-state index >= 15 is 0 Å². The largest absolute Gasteiger partial charge is 0.464 e. The molecule has 1 N–H and O–H groups in total. The van der Waals surface area contributed by atoms with Crippen molar-refractivity contribution in [1.82, 2.24) is 4.90 Å². The Bertz CT molecular complexity index is 481. The molecule has 23 heavy (non-hydrogen) atoms. The van der Waals surface area contributed by atoms with Crippen LogP contribution < -0.4 is 0 Å². The van der Waals surface area contributed by atoms with Crippen molar-refractivity contribution in [2.75, 3.05) is 26.2 Å². The van der Waals surface area contributed by atoms with Gasteiger partial charge in [0.25, 0.3) is 0 Å². The van der Waals surface area contributed by atoms with E-state index in [1.54, 1.807) is 6.92 Å². The zero-order valence-electron chi connectivity index (χ0n) is 14.0. The highest BCUT2D eigenvalue weighted by molar-refractivity contribution is 5.79. The molecular formula is C18H27NO4. The molecule has 0 aliphatic carbocycles. The van der Waals surface area contributed by atoms with Gasteiger partial charge < -0.3 is 14.6 Å². The summed E-state index contributed by atoms with van der Waals surface area (Å²) in [5.41, 5.74) is -0.270. The second-order valence-corrected chi connectivity index (χ2v) is 6.27. The fourth-order valence-corrected chi connectivity index (χ4v) is 2.81. The van der Waals surface area contributed by atoms with Gasteiger partial charge in [0.2, 0.25) is 0 Å². The molecule has 0 saturated carbocycles. The first-order valence-corrected chi connectivity index (χ1v) is 8.28. The summed E-state index contributed by atoms with van der Waals surface area (Å²) in [6.45, 7) is 6.10. The lowest BCUT2D eigenvalue weighted by molar-refractivity contribution is -0.165. The highest BCUT2D eigenvalue weighted by atomic mass is 16.5. The topological polar surface area (TPSA) is 59.0 Å². The standard InChI is InChI=1S/C18H27NO4/c1-3-22-17(20)18(2,21)14-19-11-9-16(10-12-19)23-13-15-7-5-4-6-8-15/h4-8,16,21H,3,9-14H2,1-2H3. The van der Waals surface area contributed by atoms with Gasteiger partial charge in [-0.05, 0) is 32.3 Å². The first kappa shape index (κ1) is 17.9. The van der Waals surface area contributed by atoms with Crippen LogP contribution in [0.3, 0.4) is 0 Å². The van der Waals surface area contributed by atoms with Gasteiger partial charge in [0.1, 0.15) is 0 Å². The van der Waals surface area contributed by atoms with Crippen LogP contribution >= 0.6 is 0 Å². The molecule has 2 rings (SSSR count). The molecule has 1 aromatic rings. The van der Waals surface area contributed by atoms with Crippen molar-refractivity contribution in [1.29, 1.82) is 0 Å². The van der Waals surface area contributed by atoms with Gasteiger partial charge in [-0.2, -0.15) is 0 Å². The van der Waals surface area contributed by atoms with Crippen molar-refractivity contribution in [3.8, 4) is 0 Å². The monoisotopic (exact) mass is 321 g/mol. The number of carbonyl (C=O) groups is 1. The number of ether oxygens (including phenoxy) is 2. The van der Waals surface area contributed by atoms with Gasteiger partial charge in [-0.25, -0.2) is 4.79 Å². The number of piperidine rings is 1. The lowest BCUT2D eigenvalue weighted by atomic mass is 10.0. The first-order valence-electron chi connectivity index (χ1n) is 8.28. The highest BCUT2D eigenvalue weighted by Crippen LogP contribution is 2.18. The normalized spacial score (nSPS) is 19.3. The Balaban J connectivity index is 1.72. The molecule has 1 fully saturated rings. The van der Waals surface area contributed by atoms with Gasteiger partial charge in [-0.15, -0.1) is 0 Å². The van der Waals surface area contributed by atoms with Crippen LogP contribution in [-0.2, 0) is 20.9 Å². The Morgan fingerprint density at radius 2 is 1.96 bits per heavy atom. The molecule has 0 spiro atoms. The minimum absolute atomic E-state index is 0.235. The number of benzene rings is 1. The number of β-amino-alcohol motifs (C(OH)–C–C–N with tert-alkyl or cyclic N) is 1. The average molecular weight is 321 g/mol. The van der Waals surface area contributed by atoms with Gasteiger partial charge in [0, 0.05) is 19.6 Å². The molecule has 1 aromatic carbocycles. The summed E-state index contributed by atoms with van der Waals surface area (Å²) in [6, 6.07) is 10.1. The summed E-state index contributed by atoms with van der Waals surface area (Å²) in [6.07, 6.45) is 2.05. The molecule has 0 aromatic heterocycles. The summed E-state index contributed by atoms with van der Waals surface area (Å²) in [5, 5.41) is 10.2. The minimum Gasteiger partial charge on any atom is -0.464 e. The van der Waals surface area contributed by atoms with Gasteiger partial charge in [-0.3, -0.25) is 4.90 Å². The third kappa shape index (κ3) is 5.61.